The van der Waals surface area contributed by atoms with Crippen molar-refractivity contribution in [3.63, 3.8) is 0 Å². The zero-order chi connectivity index (χ0) is 24.9. The van der Waals surface area contributed by atoms with Crippen molar-refractivity contribution in [3.8, 4) is 17.2 Å². The predicted octanol–water partition coefficient (Wildman–Crippen LogP) is 6.34. The lowest BCUT2D eigenvalue weighted by Gasteiger charge is -2.16. The third-order valence-electron chi connectivity index (χ3n) is 5.78. The molecule has 0 bridgehead atoms. The number of rotatable bonds is 7. The molecule has 7 heteroatoms. The number of aryl methyl sites for hydroxylation is 2. The fraction of sp³-hybridized carbons (Fsp3) is 0.214. The number of methoxy groups -OCH3 is 2. The van der Waals surface area contributed by atoms with Crippen LogP contribution >= 0.6 is 11.8 Å². The summed E-state index contributed by atoms with van der Waals surface area (Å²) in [6, 6.07) is 19.3. The van der Waals surface area contributed by atoms with Crippen LogP contribution in [-0.4, -0.2) is 30.4 Å². The Balaban J connectivity index is 1.77. The van der Waals surface area contributed by atoms with Gasteiger partial charge in [-0.1, -0.05) is 38.1 Å². The molecule has 1 aliphatic heterocycles. The molecule has 1 saturated heterocycles. The molecule has 0 aromatic heterocycles. The van der Waals surface area contributed by atoms with Crippen LogP contribution in [0.1, 0.15) is 30.5 Å². The highest BCUT2D eigenvalue weighted by atomic mass is 32.2. The van der Waals surface area contributed by atoms with Crippen molar-refractivity contribution in [2.75, 3.05) is 19.1 Å². The Morgan fingerprint density at radius 1 is 0.914 bits per heavy atom. The van der Waals surface area contributed by atoms with Crippen molar-refractivity contribution in [3.05, 3.63) is 82.3 Å². The number of phenols is 1. The minimum absolute atomic E-state index is 0.0852. The third kappa shape index (κ3) is 5.20. The number of anilines is 1. The predicted molar refractivity (Wildman–Crippen MR) is 143 cm³/mol. The molecule has 1 aliphatic rings. The largest absolute Gasteiger partial charge is 0.502 e. The molecule has 6 nitrogen and oxygen atoms in total. The van der Waals surface area contributed by atoms with Gasteiger partial charge in [0.1, 0.15) is 0 Å². The number of hydrogen-bond acceptors (Lipinski definition) is 6. The van der Waals surface area contributed by atoms with Gasteiger partial charge in [0.2, 0.25) is 5.75 Å². The number of carbonyl (C=O) groups is 1. The number of phenolic OH excluding ortho intramolecular Hbond substituents is 1. The number of aliphatic imine (C=N–C) groups is 1. The van der Waals surface area contributed by atoms with Gasteiger partial charge in [-0.2, -0.15) is 0 Å². The van der Waals surface area contributed by atoms with Crippen LogP contribution in [0.4, 0.5) is 11.4 Å². The molecule has 1 fully saturated rings. The van der Waals surface area contributed by atoms with E-state index in [4.69, 9.17) is 14.5 Å². The number of thioether (sulfide) groups is 1. The molecule has 0 unspecified atom stereocenters. The monoisotopic (exact) mass is 488 g/mol. The first kappa shape index (κ1) is 24.4. The summed E-state index contributed by atoms with van der Waals surface area (Å²) < 4.78 is 10.5. The van der Waals surface area contributed by atoms with Gasteiger partial charge in [-0.15, -0.1) is 0 Å². The lowest BCUT2D eigenvalue weighted by Crippen LogP contribution is -2.28. The van der Waals surface area contributed by atoms with E-state index in [9.17, 15) is 9.90 Å². The summed E-state index contributed by atoms with van der Waals surface area (Å²) in [6.07, 6.45) is 3.63. The molecule has 0 aliphatic carbocycles. The van der Waals surface area contributed by atoms with E-state index in [1.165, 1.54) is 37.1 Å². The van der Waals surface area contributed by atoms with E-state index in [1.54, 1.807) is 23.1 Å². The maximum absolute atomic E-state index is 13.6. The summed E-state index contributed by atoms with van der Waals surface area (Å²) in [5, 5.41) is 10.8. The number of nitrogens with zero attached hydrogens (tertiary/aromatic N) is 2. The quantitative estimate of drug-likeness (QED) is 0.393. The zero-order valence-electron chi connectivity index (χ0n) is 20.2. The van der Waals surface area contributed by atoms with Crippen LogP contribution in [0, 0.1) is 0 Å². The van der Waals surface area contributed by atoms with Gasteiger partial charge in [0.05, 0.1) is 30.5 Å². The molecule has 180 valence electrons. The van der Waals surface area contributed by atoms with Crippen LogP contribution in [0.25, 0.3) is 6.08 Å². The second kappa shape index (κ2) is 10.7. The topological polar surface area (TPSA) is 71.4 Å². The smallest absolute Gasteiger partial charge is 0.271 e. The van der Waals surface area contributed by atoms with E-state index in [-0.39, 0.29) is 23.2 Å². The first-order valence-corrected chi connectivity index (χ1v) is 12.2. The van der Waals surface area contributed by atoms with Gasteiger partial charge in [-0.25, -0.2) is 4.99 Å². The van der Waals surface area contributed by atoms with Crippen molar-refractivity contribution in [1.82, 2.24) is 0 Å². The van der Waals surface area contributed by atoms with E-state index >= 15 is 0 Å². The van der Waals surface area contributed by atoms with Crippen molar-refractivity contribution < 1.29 is 19.4 Å². The summed E-state index contributed by atoms with van der Waals surface area (Å²) in [4.78, 5) is 20.5. The number of carbonyl (C=O) groups excluding carboxylic acids is 1. The molecule has 3 aromatic carbocycles. The van der Waals surface area contributed by atoms with Gasteiger partial charge in [0.25, 0.3) is 5.91 Å². The van der Waals surface area contributed by atoms with Gasteiger partial charge >= 0.3 is 0 Å². The van der Waals surface area contributed by atoms with Crippen LogP contribution in [0.5, 0.6) is 17.2 Å². The Kier molecular flexibility index (Phi) is 7.46. The minimum Gasteiger partial charge on any atom is -0.502 e. The first-order chi connectivity index (χ1) is 17.0. The summed E-state index contributed by atoms with van der Waals surface area (Å²) >= 11 is 1.31. The highest BCUT2D eigenvalue weighted by molar-refractivity contribution is 8.19. The number of amidine groups is 1. The van der Waals surface area contributed by atoms with Crippen LogP contribution in [-0.2, 0) is 17.6 Å². The van der Waals surface area contributed by atoms with Crippen LogP contribution in [0.15, 0.2) is 70.6 Å². The van der Waals surface area contributed by atoms with Crippen LogP contribution < -0.4 is 14.4 Å². The molecule has 3 aromatic rings. The summed E-state index contributed by atoms with van der Waals surface area (Å²) in [5.74, 6) is 0.277. The Morgan fingerprint density at radius 2 is 1.46 bits per heavy atom. The van der Waals surface area contributed by atoms with Crippen molar-refractivity contribution >= 4 is 40.3 Å². The maximum atomic E-state index is 13.6. The molecule has 0 saturated carbocycles. The molecule has 0 atom stereocenters. The SMILES string of the molecule is CCc1ccc(N=C2S/C(=C/c3cc(OC)c(O)c(OC)c3)C(=O)N2c2ccc(CC)cc2)cc1. The molecule has 0 radical (unpaired) electrons. The number of ether oxygens (including phenoxy) is 2. The molecular formula is C28H28N2O4S. The lowest BCUT2D eigenvalue weighted by molar-refractivity contribution is -0.113. The Bertz CT molecular complexity index is 1260. The standard InChI is InChI=1S/C28H28N2O4S/c1-5-18-7-11-21(12-8-18)29-28-30(22-13-9-19(6-2)10-14-22)27(32)25(35-28)17-20-15-23(33-3)26(31)24(16-20)34-4/h7-17,31H,5-6H2,1-4H3/b25-17+,29-28?. The second-order valence-electron chi connectivity index (χ2n) is 7.96. The van der Waals surface area contributed by atoms with E-state index in [0.29, 0.717) is 15.6 Å². The molecule has 1 N–H and O–H groups in total. The Morgan fingerprint density at radius 3 is 1.97 bits per heavy atom. The average molecular weight is 489 g/mol. The third-order valence-corrected chi connectivity index (χ3v) is 6.75. The number of amides is 1. The van der Waals surface area contributed by atoms with E-state index in [0.717, 1.165) is 24.2 Å². The molecule has 4 rings (SSSR count). The summed E-state index contributed by atoms with van der Waals surface area (Å²) in [7, 11) is 2.94. The highest BCUT2D eigenvalue weighted by Gasteiger charge is 2.35. The fourth-order valence-electron chi connectivity index (χ4n) is 3.72. The van der Waals surface area contributed by atoms with Crippen LogP contribution in [0.3, 0.4) is 0 Å². The molecule has 1 amide bonds. The van der Waals surface area contributed by atoms with E-state index in [2.05, 4.69) is 13.8 Å². The summed E-state index contributed by atoms with van der Waals surface area (Å²) in [6.45, 7) is 4.21. The van der Waals surface area contributed by atoms with Crippen molar-refractivity contribution in [1.29, 1.82) is 0 Å². The second-order valence-corrected chi connectivity index (χ2v) is 8.97. The Labute approximate surface area is 209 Å². The van der Waals surface area contributed by atoms with Gasteiger partial charge in [-0.05, 0) is 83.8 Å². The zero-order valence-corrected chi connectivity index (χ0v) is 21.1. The molecular weight excluding hydrogens is 460 g/mol. The van der Waals surface area contributed by atoms with Crippen molar-refractivity contribution in [2.24, 2.45) is 4.99 Å². The van der Waals surface area contributed by atoms with Crippen LogP contribution in [0.2, 0.25) is 0 Å². The first-order valence-electron chi connectivity index (χ1n) is 11.4. The average Bonchev–Trinajstić information content (AvgIpc) is 3.19. The fourth-order valence-corrected chi connectivity index (χ4v) is 4.72. The number of benzene rings is 3. The van der Waals surface area contributed by atoms with E-state index in [1.807, 2.05) is 48.5 Å². The number of aromatic hydroxyl groups is 1. The van der Waals surface area contributed by atoms with E-state index < -0.39 is 0 Å². The van der Waals surface area contributed by atoms with Crippen molar-refractivity contribution in [2.45, 2.75) is 26.7 Å². The lowest BCUT2D eigenvalue weighted by atomic mass is 10.1. The minimum atomic E-state index is -0.172. The molecule has 0 spiro atoms. The van der Waals surface area contributed by atoms with Gasteiger partial charge in [-0.3, -0.25) is 9.69 Å². The maximum Gasteiger partial charge on any atom is 0.271 e. The normalized spacial score (nSPS) is 15.8. The Hall–Kier alpha value is -3.71. The number of hydrogen-bond donors (Lipinski definition) is 1. The van der Waals surface area contributed by atoms with Gasteiger partial charge in [0.15, 0.2) is 16.7 Å². The molecule has 1 heterocycles. The van der Waals surface area contributed by atoms with Gasteiger partial charge < -0.3 is 14.6 Å². The van der Waals surface area contributed by atoms with Gasteiger partial charge in [0, 0.05) is 0 Å². The summed E-state index contributed by atoms with van der Waals surface area (Å²) in [5.41, 5.74) is 4.63. The highest BCUT2D eigenvalue weighted by Crippen LogP contribution is 2.41. The molecule has 35 heavy (non-hydrogen) atoms.